The van der Waals surface area contributed by atoms with Gasteiger partial charge in [-0.25, -0.2) is 0 Å². The third-order valence-electron chi connectivity index (χ3n) is 2.29. The largest absolute Gasteiger partial charge is 0.452 e. The fourth-order valence-corrected chi connectivity index (χ4v) is 1.97. The summed E-state index contributed by atoms with van der Waals surface area (Å²) in [5.74, 6) is -1.51. The van der Waals surface area contributed by atoms with Crippen LogP contribution in [0.15, 0.2) is 24.3 Å². The molecule has 21 heavy (non-hydrogen) atoms. The smallest absolute Gasteiger partial charge is 0.316 e. The Morgan fingerprint density at radius 3 is 2.48 bits per heavy atom. The molecule has 8 heteroatoms. The van der Waals surface area contributed by atoms with Gasteiger partial charge in [0.2, 0.25) is 5.91 Å². The number of thioether (sulfide) groups is 1. The molecule has 1 aromatic carbocycles. The van der Waals surface area contributed by atoms with Crippen LogP contribution in [0.1, 0.15) is 6.92 Å². The molecule has 0 saturated heterocycles. The van der Waals surface area contributed by atoms with Gasteiger partial charge in [-0.1, -0.05) is 11.6 Å². The first-order valence-corrected chi connectivity index (χ1v) is 7.53. The number of rotatable bonds is 7. The van der Waals surface area contributed by atoms with Crippen LogP contribution in [0.2, 0.25) is 5.02 Å². The molecule has 0 unspecified atom stereocenters. The molecule has 0 aliphatic heterocycles. The van der Waals surface area contributed by atoms with Crippen molar-refractivity contribution in [1.82, 2.24) is 0 Å². The molecule has 0 fully saturated rings. The Bertz CT molecular complexity index is 521. The summed E-state index contributed by atoms with van der Waals surface area (Å²) in [7, 11) is 0. The summed E-state index contributed by atoms with van der Waals surface area (Å²) in [6.45, 7) is 1.39. The van der Waals surface area contributed by atoms with Crippen molar-refractivity contribution < 1.29 is 19.1 Å². The lowest BCUT2D eigenvalue weighted by molar-refractivity contribution is -0.151. The van der Waals surface area contributed by atoms with E-state index in [9.17, 15) is 14.4 Å². The van der Waals surface area contributed by atoms with Crippen molar-refractivity contribution in [1.29, 1.82) is 0 Å². The summed E-state index contributed by atoms with van der Waals surface area (Å²) in [5.41, 5.74) is 5.58. The maximum absolute atomic E-state index is 11.6. The number of nitrogens with two attached hydrogens (primary N) is 1. The van der Waals surface area contributed by atoms with E-state index >= 15 is 0 Å². The highest BCUT2D eigenvalue weighted by Crippen LogP contribution is 2.13. The van der Waals surface area contributed by atoms with Crippen molar-refractivity contribution in [3.05, 3.63) is 29.3 Å². The maximum Gasteiger partial charge on any atom is 0.316 e. The van der Waals surface area contributed by atoms with E-state index in [4.69, 9.17) is 22.1 Å². The van der Waals surface area contributed by atoms with Gasteiger partial charge >= 0.3 is 5.97 Å². The number of primary amides is 1. The molecule has 2 amide bonds. The number of halogens is 1. The number of carbonyl (C=O) groups excluding carboxylic acids is 3. The van der Waals surface area contributed by atoms with Crippen LogP contribution < -0.4 is 11.1 Å². The lowest BCUT2D eigenvalue weighted by atomic mass is 10.3. The number of amides is 2. The maximum atomic E-state index is 11.6. The van der Waals surface area contributed by atoms with Gasteiger partial charge in [0.15, 0.2) is 6.10 Å². The number of ether oxygens (including phenoxy) is 1. The van der Waals surface area contributed by atoms with Gasteiger partial charge in [-0.2, -0.15) is 0 Å². The molecule has 0 aliphatic rings. The first-order valence-electron chi connectivity index (χ1n) is 6.00. The number of anilines is 1. The van der Waals surface area contributed by atoms with Crippen molar-refractivity contribution in [2.75, 3.05) is 16.8 Å². The molecule has 0 spiro atoms. The zero-order valence-corrected chi connectivity index (χ0v) is 12.9. The minimum absolute atomic E-state index is 0.0361. The predicted molar refractivity (Wildman–Crippen MR) is 82.2 cm³/mol. The Labute approximate surface area is 131 Å². The molecule has 0 heterocycles. The highest BCUT2D eigenvalue weighted by atomic mass is 35.5. The van der Waals surface area contributed by atoms with Gasteiger partial charge in [-0.05, 0) is 31.2 Å². The summed E-state index contributed by atoms with van der Waals surface area (Å²) < 4.78 is 4.74. The average molecular weight is 331 g/mol. The van der Waals surface area contributed by atoms with E-state index in [2.05, 4.69) is 5.32 Å². The van der Waals surface area contributed by atoms with Crippen LogP contribution in [0, 0.1) is 0 Å². The van der Waals surface area contributed by atoms with E-state index in [-0.39, 0.29) is 17.4 Å². The molecular weight excluding hydrogens is 316 g/mol. The topological polar surface area (TPSA) is 98.5 Å². The average Bonchev–Trinajstić information content (AvgIpc) is 2.41. The van der Waals surface area contributed by atoms with Crippen molar-refractivity contribution in [3.8, 4) is 0 Å². The van der Waals surface area contributed by atoms with Crippen LogP contribution in [-0.4, -0.2) is 35.4 Å². The van der Waals surface area contributed by atoms with E-state index in [0.29, 0.717) is 10.7 Å². The Morgan fingerprint density at radius 2 is 1.90 bits per heavy atom. The zero-order valence-electron chi connectivity index (χ0n) is 11.3. The lowest BCUT2D eigenvalue weighted by Crippen LogP contribution is -2.31. The van der Waals surface area contributed by atoms with E-state index in [1.165, 1.54) is 6.92 Å². The Kier molecular flexibility index (Phi) is 7.04. The molecule has 0 bridgehead atoms. The number of esters is 1. The van der Waals surface area contributed by atoms with Gasteiger partial charge in [0.05, 0.1) is 11.5 Å². The summed E-state index contributed by atoms with van der Waals surface area (Å²) >= 11 is 6.81. The predicted octanol–water partition coefficient (Wildman–Crippen LogP) is 1.43. The van der Waals surface area contributed by atoms with E-state index in [0.717, 1.165) is 11.8 Å². The van der Waals surface area contributed by atoms with E-state index < -0.39 is 18.0 Å². The number of hydrogen-bond donors (Lipinski definition) is 2. The molecule has 0 aromatic heterocycles. The van der Waals surface area contributed by atoms with Crippen molar-refractivity contribution in [2.24, 2.45) is 5.73 Å². The molecule has 3 N–H and O–H groups in total. The molecule has 1 rings (SSSR count). The van der Waals surface area contributed by atoms with Crippen molar-refractivity contribution >= 4 is 46.8 Å². The number of nitrogens with one attached hydrogen (secondary N) is 1. The highest BCUT2D eigenvalue weighted by Gasteiger charge is 2.14. The Hall–Kier alpha value is -1.73. The van der Waals surface area contributed by atoms with Gasteiger partial charge in [0.25, 0.3) is 5.91 Å². The molecule has 0 saturated carbocycles. The van der Waals surface area contributed by atoms with Gasteiger partial charge in [-0.15, -0.1) is 11.8 Å². The summed E-state index contributed by atoms with van der Waals surface area (Å²) in [6.07, 6.45) is -0.971. The number of carbonyl (C=O) groups is 3. The fourth-order valence-electron chi connectivity index (χ4n) is 1.25. The van der Waals surface area contributed by atoms with Crippen LogP contribution in [0.25, 0.3) is 0 Å². The Morgan fingerprint density at radius 1 is 1.29 bits per heavy atom. The lowest BCUT2D eigenvalue weighted by Gasteiger charge is -2.09. The van der Waals surface area contributed by atoms with Crippen LogP contribution >= 0.6 is 23.4 Å². The molecule has 1 aromatic rings. The van der Waals surface area contributed by atoms with Gasteiger partial charge in [0, 0.05) is 10.7 Å². The third kappa shape index (κ3) is 7.01. The van der Waals surface area contributed by atoms with Crippen LogP contribution in [-0.2, 0) is 19.1 Å². The van der Waals surface area contributed by atoms with E-state index in [1.807, 2.05) is 0 Å². The second-order valence-electron chi connectivity index (χ2n) is 4.08. The highest BCUT2D eigenvalue weighted by molar-refractivity contribution is 8.00. The monoisotopic (exact) mass is 330 g/mol. The van der Waals surface area contributed by atoms with Gasteiger partial charge in [0.1, 0.15) is 0 Å². The van der Waals surface area contributed by atoms with Crippen molar-refractivity contribution in [3.63, 3.8) is 0 Å². The van der Waals surface area contributed by atoms with Crippen LogP contribution in [0.4, 0.5) is 5.69 Å². The first-order chi connectivity index (χ1) is 9.88. The normalized spacial score (nSPS) is 11.5. The minimum atomic E-state index is -0.971. The minimum Gasteiger partial charge on any atom is -0.452 e. The quantitative estimate of drug-likeness (QED) is 0.737. The second-order valence-corrected chi connectivity index (χ2v) is 5.50. The summed E-state index contributed by atoms with van der Waals surface area (Å²) in [4.78, 5) is 33.7. The second kappa shape index (κ2) is 8.53. The molecular formula is C13H15ClN2O4S. The van der Waals surface area contributed by atoms with Crippen molar-refractivity contribution in [2.45, 2.75) is 13.0 Å². The number of benzene rings is 1. The molecule has 0 radical (unpaired) electrons. The molecule has 0 aliphatic carbocycles. The van der Waals surface area contributed by atoms with Crippen LogP contribution in [0.5, 0.6) is 0 Å². The third-order valence-corrected chi connectivity index (χ3v) is 3.45. The van der Waals surface area contributed by atoms with Gasteiger partial charge in [-0.3, -0.25) is 14.4 Å². The molecule has 1 atom stereocenters. The first kappa shape index (κ1) is 17.3. The summed E-state index contributed by atoms with van der Waals surface area (Å²) in [6, 6.07) is 6.67. The standard InChI is InChI=1S/C13H15ClN2O4S/c1-8(13(15)19)20-12(18)7-21-6-11(17)16-10-4-2-9(14)3-5-10/h2-5,8H,6-7H2,1H3,(H2,15,19)(H,16,17)/t8-/m1/s1. The molecule has 6 nitrogen and oxygen atoms in total. The SMILES string of the molecule is C[C@@H](OC(=O)CSCC(=O)Nc1ccc(Cl)cc1)C(N)=O. The summed E-state index contributed by atoms with van der Waals surface area (Å²) in [5, 5.41) is 3.23. The van der Waals surface area contributed by atoms with Gasteiger partial charge < -0.3 is 15.8 Å². The van der Waals surface area contributed by atoms with E-state index in [1.54, 1.807) is 24.3 Å². The fraction of sp³-hybridized carbons (Fsp3) is 0.308. The number of hydrogen-bond acceptors (Lipinski definition) is 5. The zero-order chi connectivity index (χ0) is 15.8. The molecule has 114 valence electrons. The van der Waals surface area contributed by atoms with Crippen LogP contribution in [0.3, 0.4) is 0 Å². The Balaban J connectivity index is 2.26.